The van der Waals surface area contributed by atoms with Crippen molar-refractivity contribution in [1.82, 2.24) is 9.47 Å². The highest BCUT2D eigenvalue weighted by atomic mass is 16.2. The highest BCUT2D eigenvalue weighted by Crippen LogP contribution is 2.32. The van der Waals surface area contributed by atoms with E-state index in [1.165, 1.54) is 21.8 Å². The molecule has 1 aromatic heterocycles. The zero-order valence-electron chi connectivity index (χ0n) is 20.7. The van der Waals surface area contributed by atoms with Gasteiger partial charge in [-0.25, -0.2) is 0 Å². The number of amides is 1. The maximum absolute atomic E-state index is 14.1. The lowest BCUT2D eigenvalue weighted by atomic mass is 9.89. The molecule has 0 saturated carbocycles. The summed E-state index contributed by atoms with van der Waals surface area (Å²) in [6.45, 7) is 7.90. The zero-order chi connectivity index (χ0) is 24.4. The van der Waals surface area contributed by atoms with Crippen molar-refractivity contribution in [2.45, 2.75) is 45.8 Å². The second-order valence-corrected chi connectivity index (χ2v) is 9.43. The first-order chi connectivity index (χ1) is 17.1. The molecule has 0 spiro atoms. The molecule has 0 aliphatic heterocycles. The lowest BCUT2D eigenvalue weighted by Gasteiger charge is -2.31. The number of para-hydroxylation sites is 1. The quantitative estimate of drug-likeness (QED) is 0.249. The Hall–Kier alpha value is -3.85. The van der Waals surface area contributed by atoms with Crippen LogP contribution in [-0.4, -0.2) is 21.4 Å². The molecule has 0 radical (unpaired) electrons. The van der Waals surface area contributed by atoms with Gasteiger partial charge in [0.1, 0.15) is 0 Å². The van der Waals surface area contributed by atoms with E-state index in [2.05, 4.69) is 92.1 Å². The van der Waals surface area contributed by atoms with Crippen LogP contribution in [0.25, 0.3) is 21.8 Å². The monoisotopic (exact) mass is 460 g/mol. The number of aryl methyl sites for hydroxylation is 1. The standard InChI is InChI=1S/C32H32N2O/c1-4-33-29-18-12-11-17-27(29)28-21-24(19-20-30(28)33)22-34(23(2)3)32(35)31(25-13-7-5-8-14-25)26-15-9-6-10-16-26/h5-21,23,31H,4,22H2,1-3H3. The molecule has 3 heteroatoms. The van der Waals surface area contributed by atoms with Crippen molar-refractivity contribution < 1.29 is 4.79 Å². The smallest absolute Gasteiger partial charge is 0.235 e. The molecule has 176 valence electrons. The Balaban J connectivity index is 1.54. The molecule has 1 amide bonds. The molecular weight excluding hydrogens is 428 g/mol. The van der Waals surface area contributed by atoms with E-state index < -0.39 is 0 Å². The summed E-state index contributed by atoms with van der Waals surface area (Å²) in [4.78, 5) is 16.2. The molecule has 4 aromatic carbocycles. The van der Waals surface area contributed by atoms with Crippen molar-refractivity contribution in [3.8, 4) is 0 Å². The first kappa shape index (κ1) is 22.9. The van der Waals surface area contributed by atoms with Crippen LogP contribution in [0, 0.1) is 0 Å². The van der Waals surface area contributed by atoms with Gasteiger partial charge in [-0.05, 0) is 55.7 Å². The number of hydrogen-bond acceptors (Lipinski definition) is 1. The number of rotatable bonds is 7. The van der Waals surface area contributed by atoms with Gasteiger partial charge in [-0.15, -0.1) is 0 Å². The van der Waals surface area contributed by atoms with E-state index in [1.54, 1.807) is 0 Å². The van der Waals surface area contributed by atoms with E-state index in [1.807, 2.05) is 41.3 Å². The minimum atomic E-state index is -0.328. The van der Waals surface area contributed by atoms with Gasteiger partial charge in [0.2, 0.25) is 5.91 Å². The maximum atomic E-state index is 14.1. The Morgan fingerprint density at radius 2 is 1.31 bits per heavy atom. The minimum Gasteiger partial charge on any atom is -0.341 e. The van der Waals surface area contributed by atoms with E-state index in [0.29, 0.717) is 6.54 Å². The highest BCUT2D eigenvalue weighted by molar-refractivity contribution is 6.08. The Kier molecular flexibility index (Phi) is 6.41. The number of carbonyl (C=O) groups excluding carboxylic acids is 1. The Morgan fingerprint density at radius 3 is 1.91 bits per heavy atom. The van der Waals surface area contributed by atoms with Gasteiger partial charge in [0.25, 0.3) is 0 Å². The third-order valence-electron chi connectivity index (χ3n) is 6.93. The van der Waals surface area contributed by atoms with Crippen molar-refractivity contribution in [1.29, 1.82) is 0 Å². The summed E-state index contributed by atoms with van der Waals surface area (Å²) in [7, 11) is 0. The maximum Gasteiger partial charge on any atom is 0.235 e. The molecule has 5 rings (SSSR count). The fourth-order valence-electron chi connectivity index (χ4n) is 5.19. The third kappa shape index (κ3) is 4.35. The number of hydrogen-bond donors (Lipinski definition) is 0. The summed E-state index contributed by atoms with van der Waals surface area (Å²) < 4.78 is 2.36. The third-order valence-corrected chi connectivity index (χ3v) is 6.93. The van der Waals surface area contributed by atoms with E-state index in [-0.39, 0.29) is 17.9 Å². The van der Waals surface area contributed by atoms with Crippen molar-refractivity contribution in [3.63, 3.8) is 0 Å². The second kappa shape index (κ2) is 9.79. The fraction of sp³-hybridized carbons (Fsp3) is 0.219. The summed E-state index contributed by atoms with van der Waals surface area (Å²) in [6.07, 6.45) is 0. The van der Waals surface area contributed by atoms with Crippen molar-refractivity contribution in [2.75, 3.05) is 0 Å². The van der Waals surface area contributed by atoms with E-state index in [9.17, 15) is 4.79 Å². The predicted octanol–water partition coefficient (Wildman–Crippen LogP) is 7.38. The molecule has 35 heavy (non-hydrogen) atoms. The van der Waals surface area contributed by atoms with E-state index in [0.717, 1.165) is 23.2 Å². The molecule has 3 nitrogen and oxygen atoms in total. The van der Waals surface area contributed by atoms with Gasteiger partial charge < -0.3 is 9.47 Å². The normalized spacial score (nSPS) is 11.6. The molecule has 0 bridgehead atoms. The molecule has 5 aromatic rings. The summed E-state index contributed by atoms with van der Waals surface area (Å²) in [5.41, 5.74) is 5.70. The molecule has 0 unspecified atom stereocenters. The molecular formula is C32H32N2O. The van der Waals surface area contributed by atoms with Crippen LogP contribution >= 0.6 is 0 Å². The van der Waals surface area contributed by atoms with Crippen molar-refractivity contribution >= 4 is 27.7 Å². The van der Waals surface area contributed by atoms with Crippen LogP contribution in [-0.2, 0) is 17.9 Å². The van der Waals surface area contributed by atoms with Crippen molar-refractivity contribution in [3.05, 3.63) is 120 Å². The molecule has 0 atom stereocenters. The minimum absolute atomic E-state index is 0.0742. The fourth-order valence-corrected chi connectivity index (χ4v) is 5.19. The molecule has 0 fully saturated rings. The van der Waals surface area contributed by atoms with Gasteiger partial charge in [-0.1, -0.05) is 84.9 Å². The topological polar surface area (TPSA) is 25.2 Å². The Bertz CT molecular complexity index is 1410. The first-order valence-electron chi connectivity index (χ1n) is 12.5. The van der Waals surface area contributed by atoms with Crippen LogP contribution in [0.2, 0.25) is 0 Å². The summed E-state index contributed by atoms with van der Waals surface area (Å²) in [5.74, 6) is -0.195. The van der Waals surface area contributed by atoms with Gasteiger partial charge in [-0.3, -0.25) is 4.79 Å². The number of carbonyl (C=O) groups is 1. The predicted molar refractivity (Wildman–Crippen MR) is 146 cm³/mol. The lowest BCUT2D eigenvalue weighted by Crippen LogP contribution is -2.40. The zero-order valence-corrected chi connectivity index (χ0v) is 20.7. The van der Waals surface area contributed by atoms with Crippen LogP contribution in [0.3, 0.4) is 0 Å². The largest absolute Gasteiger partial charge is 0.341 e. The number of aromatic nitrogens is 1. The van der Waals surface area contributed by atoms with Crippen LogP contribution in [0.5, 0.6) is 0 Å². The lowest BCUT2D eigenvalue weighted by molar-refractivity contribution is -0.134. The van der Waals surface area contributed by atoms with Crippen LogP contribution in [0.15, 0.2) is 103 Å². The van der Waals surface area contributed by atoms with Crippen molar-refractivity contribution in [2.24, 2.45) is 0 Å². The molecule has 1 heterocycles. The first-order valence-corrected chi connectivity index (χ1v) is 12.5. The summed E-state index contributed by atoms with van der Waals surface area (Å²) >= 11 is 0. The average molecular weight is 461 g/mol. The number of nitrogens with zero attached hydrogens (tertiary/aromatic N) is 2. The average Bonchev–Trinajstić information content (AvgIpc) is 3.21. The van der Waals surface area contributed by atoms with Gasteiger partial charge in [0.05, 0.1) is 5.92 Å². The van der Waals surface area contributed by atoms with Crippen LogP contribution in [0.1, 0.15) is 43.4 Å². The van der Waals surface area contributed by atoms with E-state index >= 15 is 0 Å². The van der Waals surface area contributed by atoms with Crippen LogP contribution < -0.4 is 0 Å². The SMILES string of the molecule is CCn1c2ccccc2c2cc(CN(C(=O)C(c3ccccc3)c3ccccc3)C(C)C)ccc21. The van der Waals surface area contributed by atoms with Gasteiger partial charge >= 0.3 is 0 Å². The summed E-state index contributed by atoms with van der Waals surface area (Å²) in [6, 6.07) is 35.6. The van der Waals surface area contributed by atoms with Gasteiger partial charge in [-0.2, -0.15) is 0 Å². The number of fused-ring (bicyclic) bond motifs is 3. The Morgan fingerprint density at radius 1 is 0.743 bits per heavy atom. The Labute approximate surface area is 207 Å². The van der Waals surface area contributed by atoms with Crippen LogP contribution in [0.4, 0.5) is 0 Å². The van der Waals surface area contributed by atoms with Gasteiger partial charge in [0, 0.05) is 40.9 Å². The molecule has 0 saturated heterocycles. The highest BCUT2D eigenvalue weighted by Gasteiger charge is 2.29. The molecule has 0 N–H and O–H groups in total. The number of benzene rings is 4. The van der Waals surface area contributed by atoms with E-state index in [4.69, 9.17) is 0 Å². The molecule has 0 aliphatic rings. The molecule has 0 aliphatic carbocycles. The summed E-state index contributed by atoms with van der Waals surface area (Å²) in [5, 5.41) is 2.51. The van der Waals surface area contributed by atoms with Gasteiger partial charge in [0.15, 0.2) is 0 Å². The second-order valence-electron chi connectivity index (χ2n) is 9.43.